The highest BCUT2D eigenvalue weighted by atomic mass is 16.6. The fraction of sp³-hybridized carbons (Fsp3) is 0.714. The molecule has 0 fully saturated rings. The molecule has 0 aliphatic carbocycles. The molecule has 0 saturated heterocycles. The molecule has 0 aliphatic rings. The zero-order valence-corrected chi connectivity index (χ0v) is 8.03. The highest BCUT2D eigenvalue weighted by Gasteiger charge is 2.15. The first-order valence-corrected chi connectivity index (χ1v) is 3.58. The van der Waals surface area contributed by atoms with E-state index in [0.717, 1.165) is 7.11 Å². The van der Waals surface area contributed by atoms with E-state index in [0.29, 0.717) is 0 Å². The van der Waals surface area contributed by atoms with Crippen molar-refractivity contribution in [3.8, 4) is 0 Å². The van der Waals surface area contributed by atoms with Crippen LogP contribution in [0.4, 0.5) is 9.59 Å². The largest absolute Gasteiger partial charge is 0.453 e. The first kappa shape index (κ1) is 11.5. The lowest BCUT2D eigenvalue weighted by Gasteiger charge is -2.16. The average Bonchev–Trinajstić information content (AvgIpc) is 1.97. The molecule has 6 nitrogen and oxygen atoms in total. The van der Waals surface area contributed by atoms with Crippen molar-refractivity contribution in [1.82, 2.24) is 0 Å². The lowest BCUT2D eigenvalue weighted by Crippen LogP contribution is -2.21. The summed E-state index contributed by atoms with van der Waals surface area (Å²) in [7, 11) is 1.14. The molecule has 0 bridgehead atoms. The number of nitrogens with zero attached hydrogens (tertiary/aromatic N) is 2. The van der Waals surface area contributed by atoms with Crippen molar-refractivity contribution in [1.29, 1.82) is 0 Å². The molecule has 74 valence electrons. The second-order valence-electron chi connectivity index (χ2n) is 3.15. The fourth-order valence-corrected chi connectivity index (χ4v) is 0.405. The minimum Gasteiger partial charge on any atom is -0.450 e. The van der Waals surface area contributed by atoms with E-state index >= 15 is 0 Å². The van der Waals surface area contributed by atoms with Gasteiger partial charge in [-0.2, -0.15) is 0 Å². The number of ether oxygens (including phenoxy) is 2. The number of carbonyl (C=O) groups is 2. The van der Waals surface area contributed by atoms with E-state index in [-0.39, 0.29) is 0 Å². The molecule has 0 spiro atoms. The Balaban J connectivity index is 4.02. The predicted molar refractivity (Wildman–Crippen MR) is 43.5 cm³/mol. The lowest BCUT2D eigenvalue weighted by molar-refractivity contribution is 0.0587. The Morgan fingerprint density at radius 2 is 1.54 bits per heavy atom. The summed E-state index contributed by atoms with van der Waals surface area (Å²) in [5.41, 5.74) is -0.647. The second-order valence-corrected chi connectivity index (χ2v) is 3.15. The van der Waals surface area contributed by atoms with Gasteiger partial charge in [-0.25, -0.2) is 9.59 Å². The first-order valence-electron chi connectivity index (χ1n) is 3.58. The van der Waals surface area contributed by atoms with Gasteiger partial charge in [0.15, 0.2) is 0 Å². The number of methoxy groups -OCH3 is 1. The standard InChI is InChI=1S/C7H12N2O4/c1-7(2,3)13-6(11)9-8-5(10)12-4/h1-4H3/b9-8+. The van der Waals surface area contributed by atoms with Gasteiger partial charge in [0.05, 0.1) is 7.11 Å². The molecule has 0 N–H and O–H groups in total. The smallest absolute Gasteiger partial charge is 0.450 e. The van der Waals surface area contributed by atoms with Crippen molar-refractivity contribution in [2.24, 2.45) is 10.2 Å². The highest BCUT2D eigenvalue weighted by Crippen LogP contribution is 2.07. The van der Waals surface area contributed by atoms with Crippen molar-refractivity contribution in [3.63, 3.8) is 0 Å². The third kappa shape index (κ3) is 6.92. The molecule has 0 radical (unpaired) electrons. The van der Waals surface area contributed by atoms with E-state index in [1.165, 1.54) is 0 Å². The van der Waals surface area contributed by atoms with E-state index in [1.807, 2.05) is 0 Å². The molecule has 0 atom stereocenters. The number of carbonyl (C=O) groups excluding carboxylic acids is 2. The number of amides is 2. The minimum atomic E-state index is -0.939. The van der Waals surface area contributed by atoms with E-state index in [1.54, 1.807) is 20.8 Å². The summed E-state index contributed by atoms with van der Waals surface area (Å²) in [6, 6.07) is 0. The summed E-state index contributed by atoms with van der Waals surface area (Å²) >= 11 is 0. The van der Waals surface area contributed by atoms with Crippen LogP contribution in [0.5, 0.6) is 0 Å². The van der Waals surface area contributed by atoms with E-state index < -0.39 is 17.8 Å². The van der Waals surface area contributed by atoms with Crippen LogP contribution in [0.2, 0.25) is 0 Å². The van der Waals surface area contributed by atoms with E-state index in [2.05, 4.69) is 15.0 Å². The van der Waals surface area contributed by atoms with Gasteiger partial charge in [-0.05, 0) is 20.8 Å². The molecule has 0 rings (SSSR count). The zero-order chi connectivity index (χ0) is 10.5. The van der Waals surface area contributed by atoms with Crippen LogP contribution in [0.25, 0.3) is 0 Å². The summed E-state index contributed by atoms with van der Waals surface area (Å²) < 4.78 is 8.85. The topological polar surface area (TPSA) is 77.3 Å². The maximum Gasteiger partial charge on any atom is 0.453 e. The van der Waals surface area contributed by atoms with Gasteiger partial charge in [0.1, 0.15) is 5.60 Å². The molecule has 0 saturated carbocycles. The van der Waals surface area contributed by atoms with Gasteiger partial charge in [-0.15, -0.1) is 0 Å². The predicted octanol–water partition coefficient (Wildman–Crippen LogP) is 2.14. The Morgan fingerprint density at radius 3 is 1.92 bits per heavy atom. The van der Waals surface area contributed by atoms with Crippen LogP contribution in [0.3, 0.4) is 0 Å². The Kier molecular flexibility index (Phi) is 4.03. The highest BCUT2D eigenvalue weighted by molar-refractivity contribution is 5.73. The van der Waals surface area contributed by atoms with Crippen molar-refractivity contribution in [2.45, 2.75) is 26.4 Å². The summed E-state index contributed by atoms with van der Waals surface area (Å²) in [6.45, 7) is 5.04. The van der Waals surface area contributed by atoms with Crippen LogP contribution in [0, 0.1) is 0 Å². The van der Waals surface area contributed by atoms with Gasteiger partial charge in [-0.1, -0.05) is 10.2 Å². The maximum atomic E-state index is 10.8. The summed E-state index contributed by atoms with van der Waals surface area (Å²) in [5.74, 6) is 0. The molecule has 2 amide bonds. The molecule has 0 aromatic rings. The molecular formula is C7H12N2O4. The molecule has 13 heavy (non-hydrogen) atoms. The van der Waals surface area contributed by atoms with Crippen molar-refractivity contribution < 1.29 is 19.1 Å². The fourth-order valence-electron chi connectivity index (χ4n) is 0.405. The quantitative estimate of drug-likeness (QED) is 0.545. The van der Waals surface area contributed by atoms with Crippen LogP contribution < -0.4 is 0 Å². The molecule has 0 aromatic carbocycles. The first-order chi connectivity index (χ1) is 5.85. The molecular weight excluding hydrogens is 176 g/mol. The third-order valence-electron chi connectivity index (χ3n) is 0.781. The van der Waals surface area contributed by atoms with Gasteiger partial charge >= 0.3 is 12.2 Å². The van der Waals surface area contributed by atoms with Crippen LogP contribution in [-0.4, -0.2) is 24.9 Å². The minimum absolute atomic E-state index is 0.647. The van der Waals surface area contributed by atoms with Crippen molar-refractivity contribution in [2.75, 3.05) is 7.11 Å². The number of azo groups is 1. The van der Waals surface area contributed by atoms with Crippen LogP contribution >= 0.6 is 0 Å². The molecule has 0 aliphatic heterocycles. The van der Waals surface area contributed by atoms with E-state index in [4.69, 9.17) is 4.74 Å². The van der Waals surface area contributed by atoms with Crippen LogP contribution in [0.15, 0.2) is 10.2 Å². The normalized spacial score (nSPS) is 11.4. The average molecular weight is 188 g/mol. The molecule has 0 heterocycles. The Labute approximate surface area is 75.9 Å². The van der Waals surface area contributed by atoms with Gasteiger partial charge in [-0.3, -0.25) is 0 Å². The van der Waals surface area contributed by atoms with Gasteiger partial charge in [0.2, 0.25) is 0 Å². The number of hydrogen-bond donors (Lipinski definition) is 0. The van der Waals surface area contributed by atoms with Crippen molar-refractivity contribution >= 4 is 12.2 Å². The van der Waals surface area contributed by atoms with Crippen LogP contribution in [-0.2, 0) is 9.47 Å². The van der Waals surface area contributed by atoms with Gasteiger partial charge in [0.25, 0.3) is 0 Å². The lowest BCUT2D eigenvalue weighted by atomic mass is 10.2. The Hall–Kier alpha value is -1.46. The Bertz CT molecular complexity index is 229. The monoisotopic (exact) mass is 188 g/mol. The maximum absolute atomic E-state index is 10.8. The summed E-state index contributed by atoms with van der Waals surface area (Å²) in [4.78, 5) is 21.2. The van der Waals surface area contributed by atoms with Gasteiger partial charge < -0.3 is 9.47 Å². The number of hydrogen-bond acceptors (Lipinski definition) is 4. The van der Waals surface area contributed by atoms with Gasteiger partial charge in [0, 0.05) is 0 Å². The summed E-state index contributed by atoms with van der Waals surface area (Å²) in [6.07, 6.45) is -1.86. The SMILES string of the molecule is COC(=O)/N=N/C(=O)OC(C)(C)C. The molecule has 6 heteroatoms. The second kappa shape index (κ2) is 4.54. The Morgan fingerprint density at radius 1 is 1.08 bits per heavy atom. The van der Waals surface area contributed by atoms with Crippen molar-refractivity contribution in [3.05, 3.63) is 0 Å². The molecule has 0 unspecified atom stereocenters. The van der Waals surface area contributed by atoms with Crippen LogP contribution in [0.1, 0.15) is 20.8 Å². The van der Waals surface area contributed by atoms with E-state index in [9.17, 15) is 9.59 Å². The summed E-state index contributed by atoms with van der Waals surface area (Å²) in [5, 5.41) is 5.89. The third-order valence-corrected chi connectivity index (χ3v) is 0.781. The molecule has 0 aromatic heterocycles. The number of rotatable bonds is 0. The zero-order valence-electron chi connectivity index (χ0n) is 8.03.